The van der Waals surface area contributed by atoms with Crippen LogP contribution in [0.4, 0.5) is 5.69 Å². The predicted molar refractivity (Wildman–Crippen MR) is 92.7 cm³/mol. The van der Waals surface area contributed by atoms with Gasteiger partial charge in [0.2, 0.25) is 0 Å². The van der Waals surface area contributed by atoms with Crippen LogP contribution in [0.5, 0.6) is 0 Å². The fourth-order valence-corrected chi connectivity index (χ4v) is 3.05. The average Bonchev–Trinajstić information content (AvgIpc) is 3.34. The molecular formula is C18H16N2O3S. The average molecular weight is 340 g/mol. The number of benzene rings is 2. The van der Waals surface area contributed by atoms with Crippen molar-refractivity contribution < 1.29 is 13.4 Å². The summed E-state index contributed by atoms with van der Waals surface area (Å²) in [4.78, 5) is 17.5. The van der Waals surface area contributed by atoms with Gasteiger partial charge in [0.1, 0.15) is 5.52 Å². The second kappa shape index (κ2) is 5.87. The Labute approximate surface area is 141 Å². The summed E-state index contributed by atoms with van der Waals surface area (Å²) >= 11 is 0. The van der Waals surface area contributed by atoms with Gasteiger partial charge < -0.3 is 9.73 Å². The highest BCUT2D eigenvalue weighted by Crippen LogP contribution is 2.40. The largest absolute Gasteiger partial charge is 0.440 e. The smallest absolute Gasteiger partial charge is 0.255 e. The molecule has 1 amide bonds. The van der Waals surface area contributed by atoms with E-state index in [2.05, 4.69) is 10.3 Å². The van der Waals surface area contributed by atoms with Gasteiger partial charge in [-0.25, -0.2) is 4.98 Å². The monoisotopic (exact) mass is 340 g/mol. The molecule has 1 aliphatic rings. The summed E-state index contributed by atoms with van der Waals surface area (Å²) in [7, 11) is -1.05. The van der Waals surface area contributed by atoms with Crippen molar-refractivity contribution in [3.8, 4) is 0 Å². The molecule has 6 heteroatoms. The van der Waals surface area contributed by atoms with Gasteiger partial charge in [-0.1, -0.05) is 0 Å². The molecule has 1 heterocycles. The maximum Gasteiger partial charge on any atom is 0.255 e. The first-order valence-corrected chi connectivity index (χ1v) is 9.31. The lowest BCUT2D eigenvalue weighted by molar-refractivity contribution is 0.102. The highest BCUT2D eigenvalue weighted by Gasteiger charge is 2.28. The molecule has 1 fully saturated rings. The number of hydrogen-bond donors (Lipinski definition) is 1. The zero-order valence-electron chi connectivity index (χ0n) is 13.1. The lowest BCUT2D eigenvalue weighted by atomic mass is 10.2. The predicted octanol–water partition coefficient (Wildman–Crippen LogP) is 3.69. The molecule has 0 unspecified atom stereocenters. The third-order valence-corrected chi connectivity index (χ3v) is 4.97. The highest BCUT2D eigenvalue weighted by atomic mass is 32.2. The van der Waals surface area contributed by atoms with E-state index in [1.807, 2.05) is 12.1 Å². The van der Waals surface area contributed by atoms with Crippen molar-refractivity contribution in [3.63, 3.8) is 0 Å². The molecule has 0 bridgehead atoms. The SMILES string of the molecule is C[S@](=O)c1ccc(C(=O)Nc2ccc3oc(C4CC4)nc3c2)cc1. The first-order chi connectivity index (χ1) is 11.6. The Balaban J connectivity index is 1.54. The molecule has 4 rings (SSSR count). The number of fused-ring (bicyclic) bond motifs is 1. The van der Waals surface area contributed by atoms with Crippen LogP contribution >= 0.6 is 0 Å². The van der Waals surface area contributed by atoms with Gasteiger partial charge in [0.05, 0.1) is 0 Å². The van der Waals surface area contributed by atoms with Gasteiger partial charge in [-0.3, -0.25) is 9.00 Å². The molecule has 1 atom stereocenters. The molecule has 0 radical (unpaired) electrons. The van der Waals surface area contributed by atoms with Crippen LogP contribution in [0.25, 0.3) is 11.1 Å². The minimum Gasteiger partial charge on any atom is -0.440 e. The quantitative estimate of drug-likeness (QED) is 0.786. The van der Waals surface area contributed by atoms with Gasteiger partial charge >= 0.3 is 0 Å². The van der Waals surface area contributed by atoms with Crippen LogP contribution in [-0.2, 0) is 10.8 Å². The van der Waals surface area contributed by atoms with Crippen LogP contribution < -0.4 is 5.32 Å². The molecular weight excluding hydrogens is 324 g/mol. The van der Waals surface area contributed by atoms with Crippen LogP contribution in [0.3, 0.4) is 0 Å². The third kappa shape index (κ3) is 2.97. The molecule has 1 saturated carbocycles. The van der Waals surface area contributed by atoms with Crippen LogP contribution in [0.1, 0.15) is 35.0 Å². The van der Waals surface area contributed by atoms with Crippen molar-refractivity contribution >= 4 is 33.5 Å². The lowest BCUT2D eigenvalue weighted by Gasteiger charge is -2.05. The molecule has 1 aromatic heterocycles. The summed E-state index contributed by atoms with van der Waals surface area (Å²) < 4.78 is 17.1. The maximum absolute atomic E-state index is 12.3. The first-order valence-electron chi connectivity index (χ1n) is 7.75. The minimum atomic E-state index is -1.05. The van der Waals surface area contributed by atoms with Crippen LogP contribution in [-0.4, -0.2) is 21.4 Å². The maximum atomic E-state index is 12.3. The first kappa shape index (κ1) is 15.1. The van der Waals surface area contributed by atoms with E-state index < -0.39 is 10.8 Å². The van der Waals surface area contributed by atoms with Crippen LogP contribution in [0, 0.1) is 0 Å². The molecule has 0 aliphatic heterocycles. The molecule has 24 heavy (non-hydrogen) atoms. The molecule has 2 aromatic carbocycles. The van der Waals surface area contributed by atoms with E-state index in [-0.39, 0.29) is 5.91 Å². The standard InChI is InChI=1S/C18H16N2O3S/c1-24(22)14-7-4-11(5-8-14)17(21)19-13-6-9-16-15(10-13)20-18(23-16)12-2-3-12/h4-10,12H,2-3H2,1H3,(H,19,21)/t24-/m0/s1. The zero-order chi connectivity index (χ0) is 16.7. The van der Waals surface area contributed by atoms with Gasteiger partial charge in [0, 0.05) is 39.1 Å². The second-order valence-electron chi connectivity index (χ2n) is 5.94. The van der Waals surface area contributed by atoms with E-state index in [9.17, 15) is 9.00 Å². The van der Waals surface area contributed by atoms with Crippen LogP contribution in [0.15, 0.2) is 51.8 Å². The second-order valence-corrected chi connectivity index (χ2v) is 7.32. The number of rotatable bonds is 4. The summed E-state index contributed by atoms with van der Waals surface area (Å²) in [6, 6.07) is 12.2. The number of carbonyl (C=O) groups excluding carboxylic acids is 1. The number of nitrogens with zero attached hydrogens (tertiary/aromatic N) is 1. The Kier molecular flexibility index (Phi) is 3.69. The van der Waals surface area contributed by atoms with Gasteiger partial charge in [-0.15, -0.1) is 0 Å². The van der Waals surface area contributed by atoms with E-state index in [4.69, 9.17) is 4.42 Å². The van der Waals surface area contributed by atoms with Gasteiger partial charge in [-0.2, -0.15) is 0 Å². The van der Waals surface area contributed by atoms with E-state index in [1.54, 1.807) is 36.6 Å². The molecule has 0 spiro atoms. The van der Waals surface area contributed by atoms with Crippen molar-refractivity contribution in [2.24, 2.45) is 0 Å². The number of anilines is 1. The van der Waals surface area contributed by atoms with E-state index in [1.165, 1.54) is 0 Å². The summed E-state index contributed by atoms with van der Waals surface area (Å²) in [5, 5.41) is 2.86. The van der Waals surface area contributed by atoms with Gasteiger partial charge in [0.25, 0.3) is 5.91 Å². The molecule has 1 N–H and O–H groups in total. The lowest BCUT2D eigenvalue weighted by Crippen LogP contribution is -2.11. The third-order valence-electron chi connectivity index (χ3n) is 4.04. The van der Waals surface area contributed by atoms with Crippen molar-refractivity contribution in [1.82, 2.24) is 4.98 Å². The zero-order valence-corrected chi connectivity index (χ0v) is 13.9. The Morgan fingerprint density at radius 3 is 2.62 bits per heavy atom. The van der Waals surface area contributed by atoms with Gasteiger partial charge in [0.15, 0.2) is 11.5 Å². The molecule has 0 saturated heterocycles. The van der Waals surface area contributed by atoms with Crippen molar-refractivity contribution in [1.29, 1.82) is 0 Å². The number of hydrogen-bond acceptors (Lipinski definition) is 4. The minimum absolute atomic E-state index is 0.214. The fourth-order valence-electron chi connectivity index (χ4n) is 2.53. The van der Waals surface area contributed by atoms with Crippen molar-refractivity contribution in [2.75, 3.05) is 11.6 Å². The van der Waals surface area contributed by atoms with Crippen molar-refractivity contribution in [3.05, 3.63) is 53.9 Å². The summed E-state index contributed by atoms with van der Waals surface area (Å²) in [5.41, 5.74) is 2.69. The Morgan fingerprint density at radius 2 is 1.96 bits per heavy atom. The molecule has 1 aliphatic carbocycles. The molecule has 3 aromatic rings. The van der Waals surface area contributed by atoms with E-state index >= 15 is 0 Å². The number of aromatic nitrogens is 1. The summed E-state index contributed by atoms with van der Waals surface area (Å²) in [6.45, 7) is 0. The molecule has 122 valence electrons. The Bertz CT molecular complexity index is 943. The fraction of sp³-hybridized carbons (Fsp3) is 0.222. The van der Waals surface area contributed by atoms with E-state index in [0.717, 1.165) is 29.8 Å². The Morgan fingerprint density at radius 1 is 1.21 bits per heavy atom. The highest BCUT2D eigenvalue weighted by molar-refractivity contribution is 7.84. The van der Waals surface area contributed by atoms with Crippen molar-refractivity contribution in [2.45, 2.75) is 23.7 Å². The summed E-state index contributed by atoms with van der Waals surface area (Å²) in [5.74, 6) is 1.03. The normalized spacial score (nSPS) is 15.4. The number of nitrogens with one attached hydrogen (secondary N) is 1. The van der Waals surface area contributed by atoms with E-state index in [0.29, 0.717) is 22.1 Å². The van der Waals surface area contributed by atoms with Crippen LogP contribution in [0.2, 0.25) is 0 Å². The Hall–Kier alpha value is -2.47. The topological polar surface area (TPSA) is 72.2 Å². The molecule has 5 nitrogen and oxygen atoms in total. The number of oxazole rings is 1. The number of amides is 1. The number of carbonyl (C=O) groups is 1. The van der Waals surface area contributed by atoms with Gasteiger partial charge in [-0.05, 0) is 55.3 Å². The summed E-state index contributed by atoms with van der Waals surface area (Å²) in [6.07, 6.45) is 3.88.